The number of benzene rings is 1. The van der Waals surface area contributed by atoms with Gasteiger partial charge in [-0.05, 0) is 92.0 Å². The van der Waals surface area contributed by atoms with E-state index in [4.69, 9.17) is 11.6 Å². The summed E-state index contributed by atoms with van der Waals surface area (Å²) in [5.41, 5.74) is 4.07. The topological polar surface area (TPSA) is 12.0 Å². The van der Waals surface area contributed by atoms with Crippen molar-refractivity contribution in [1.29, 1.82) is 0 Å². The largest absolute Gasteiger partial charge is 0.310 e. The molecule has 5 unspecified atom stereocenters. The van der Waals surface area contributed by atoms with Crippen LogP contribution in [0.1, 0.15) is 48.9 Å². The van der Waals surface area contributed by atoms with E-state index in [1.807, 2.05) is 0 Å². The van der Waals surface area contributed by atoms with Crippen LogP contribution >= 0.6 is 11.6 Å². The Labute approximate surface area is 133 Å². The van der Waals surface area contributed by atoms with E-state index in [1.165, 1.54) is 36.0 Å². The van der Waals surface area contributed by atoms with Crippen LogP contribution in [0, 0.1) is 43.4 Å². The Balaban J connectivity index is 1.66. The third-order valence-corrected chi connectivity index (χ3v) is 6.89. The highest BCUT2D eigenvalue weighted by Crippen LogP contribution is 2.72. The third kappa shape index (κ3) is 2.08. The van der Waals surface area contributed by atoms with Crippen LogP contribution in [0.3, 0.4) is 0 Å². The molecule has 0 aromatic heterocycles. The summed E-state index contributed by atoms with van der Waals surface area (Å²) < 4.78 is 0. The minimum atomic E-state index is 0.546. The summed E-state index contributed by atoms with van der Waals surface area (Å²) in [6, 6.07) is 5.04. The summed E-state index contributed by atoms with van der Waals surface area (Å²) in [5, 5.41) is 4.71. The van der Waals surface area contributed by atoms with Crippen LogP contribution < -0.4 is 5.32 Å². The van der Waals surface area contributed by atoms with Crippen LogP contribution in [0.2, 0.25) is 5.02 Å². The molecule has 3 saturated carbocycles. The fourth-order valence-corrected chi connectivity index (χ4v) is 5.87. The lowest BCUT2D eigenvalue weighted by atomic mass is 9.90. The number of halogens is 1. The summed E-state index contributed by atoms with van der Waals surface area (Å²) in [7, 11) is 0. The quantitative estimate of drug-likeness (QED) is 0.834. The van der Waals surface area contributed by atoms with Crippen LogP contribution in [0.15, 0.2) is 12.1 Å². The summed E-state index contributed by atoms with van der Waals surface area (Å²) in [5.74, 6) is 5.00. The van der Waals surface area contributed by atoms with Crippen molar-refractivity contribution in [2.24, 2.45) is 29.6 Å². The maximum absolute atomic E-state index is 6.29. The monoisotopic (exact) mass is 303 g/mol. The summed E-state index contributed by atoms with van der Waals surface area (Å²) in [6.45, 7) is 7.64. The number of aryl methyl sites for hydroxylation is 2. The zero-order valence-electron chi connectivity index (χ0n) is 13.3. The van der Waals surface area contributed by atoms with Crippen LogP contribution in [0.4, 0.5) is 0 Å². The van der Waals surface area contributed by atoms with Crippen LogP contribution in [0.5, 0.6) is 0 Å². The highest BCUT2D eigenvalue weighted by Gasteiger charge is 2.66. The fourth-order valence-electron chi connectivity index (χ4n) is 5.65. The van der Waals surface area contributed by atoms with E-state index >= 15 is 0 Å². The van der Waals surface area contributed by atoms with Gasteiger partial charge < -0.3 is 5.32 Å². The first-order valence-corrected chi connectivity index (χ1v) is 8.99. The number of rotatable bonds is 4. The Morgan fingerprint density at radius 2 is 1.81 bits per heavy atom. The smallest absolute Gasteiger partial charge is 0.0438 e. The lowest BCUT2D eigenvalue weighted by Crippen LogP contribution is -2.26. The first-order chi connectivity index (χ1) is 10.1. The average Bonchev–Trinajstić information content (AvgIpc) is 2.87. The van der Waals surface area contributed by atoms with E-state index in [1.54, 1.807) is 0 Å². The maximum Gasteiger partial charge on any atom is 0.0438 e. The molecular formula is C19H26ClN. The molecule has 5 atom stereocenters. The molecular weight excluding hydrogens is 278 g/mol. The molecule has 3 fully saturated rings. The van der Waals surface area contributed by atoms with E-state index in [9.17, 15) is 0 Å². The Morgan fingerprint density at radius 1 is 1.14 bits per heavy atom. The Morgan fingerprint density at radius 3 is 2.43 bits per heavy atom. The first-order valence-electron chi connectivity index (χ1n) is 8.61. The summed E-state index contributed by atoms with van der Waals surface area (Å²) in [6.07, 6.45) is 4.53. The van der Waals surface area contributed by atoms with Crippen molar-refractivity contribution in [3.63, 3.8) is 0 Å². The average molecular weight is 304 g/mol. The van der Waals surface area contributed by atoms with Gasteiger partial charge in [0.2, 0.25) is 0 Å². The minimum Gasteiger partial charge on any atom is -0.310 e. The van der Waals surface area contributed by atoms with Crippen molar-refractivity contribution < 1.29 is 0 Å². The normalized spacial score (nSPS) is 37.6. The van der Waals surface area contributed by atoms with Gasteiger partial charge in [-0.25, -0.2) is 0 Å². The van der Waals surface area contributed by atoms with Crippen molar-refractivity contribution in [3.8, 4) is 0 Å². The van der Waals surface area contributed by atoms with Gasteiger partial charge in [0.15, 0.2) is 0 Å². The Bertz CT molecular complexity index is 551. The zero-order valence-corrected chi connectivity index (χ0v) is 14.1. The SMILES string of the molecule is CCNC(c1cc(C)c(Cl)cc1C)C1C2C3CCC(C3)C21. The predicted molar refractivity (Wildman–Crippen MR) is 88.6 cm³/mol. The second kappa shape index (κ2) is 4.99. The van der Waals surface area contributed by atoms with Crippen molar-refractivity contribution in [3.05, 3.63) is 33.8 Å². The molecule has 1 aromatic rings. The van der Waals surface area contributed by atoms with Crippen LogP contribution in [-0.2, 0) is 0 Å². The maximum atomic E-state index is 6.29. The third-order valence-electron chi connectivity index (χ3n) is 6.49. The molecule has 3 aliphatic carbocycles. The van der Waals surface area contributed by atoms with E-state index in [2.05, 4.69) is 38.2 Å². The number of hydrogen-bond donors (Lipinski definition) is 1. The molecule has 0 amide bonds. The van der Waals surface area contributed by atoms with Gasteiger partial charge in [-0.2, -0.15) is 0 Å². The first kappa shape index (κ1) is 14.1. The van der Waals surface area contributed by atoms with Gasteiger partial charge in [-0.3, -0.25) is 0 Å². The molecule has 1 aromatic carbocycles. The van der Waals surface area contributed by atoms with Crippen molar-refractivity contribution in [2.75, 3.05) is 6.54 Å². The molecule has 0 aliphatic heterocycles. The molecule has 1 N–H and O–H groups in total. The number of fused-ring (bicyclic) bond motifs is 5. The molecule has 114 valence electrons. The summed E-state index contributed by atoms with van der Waals surface area (Å²) >= 11 is 6.29. The van der Waals surface area contributed by atoms with Crippen molar-refractivity contribution in [2.45, 2.75) is 46.1 Å². The van der Waals surface area contributed by atoms with E-state index in [-0.39, 0.29) is 0 Å². The van der Waals surface area contributed by atoms with Crippen molar-refractivity contribution >= 4 is 11.6 Å². The fraction of sp³-hybridized carbons (Fsp3) is 0.684. The molecule has 0 saturated heterocycles. The van der Waals surface area contributed by atoms with Gasteiger partial charge in [0, 0.05) is 11.1 Å². The second-order valence-corrected chi connectivity index (χ2v) is 7.97. The molecule has 2 heteroatoms. The lowest BCUT2D eigenvalue weighted by molar-refractivity contribution is 0.374. The highest BCUT2D eigenvalue weighted by atomic mass is 35.5. The van der Waals surface area contributed by atoms with Gasteiger partial charge >= 0.3 is 0 Å². The Kier molecular flexibility index (Phi) is 3.35. The predicted octanol–water partition coefficient (Wildman–Crippen LogP) is 4.90. The molecule has 2 bridgehead atoms. The van der Waals surface area contributed by atoms with Gasteiger partial charge in [0.1, 0.15) is 0 Å². The van der Waals surface area contributed by atoms with Gasteiger partial charge in [-0.15, -0.1) is 0 Å². The molecule has 0 spiro atoms. The van der Waals surface area contributed by atoms with Gasteiger partial charge in [-0.1, -0.05) is 24.6 Å². The molecule has 21 heavy (non-hydrogen) atoms. The standard InChI is InChI=1S/C19H26ClN/c1-4-21-19(14-7-11(3)15(20)8-10(14)2)18-16-12-5-6-13(9-12)17(16)18/h7-8,12-13,16-19,21H,4-6,9H2,1-3H3. The summed E-state index contributed by atoms with van der Waals surface area (Å²) in [4.78, 5) is 0. The molecule has 0 heterocycles. The molecule has 3 aliphatic rings. The molecule has 0 radical (unpaired) electrons. The number of hydrogen-bond acceptors (Lipinski definition) is 1. The highest BCUT2D eigenvalue weighted by molar-refractivity contribution is 6.31. The van der Waals surface area contributed by atoms with Crippen LogP contribution in [0.25, 0.3) is 0 Å². The Hall–Kier alpha value is -0.530. The van der Waals surface area contributed by atoms with Gasteiger partial charge in [0.25, 0.3) is 0 Å². The second-order valence-electron chi connectivity index (χ2n) is 7.56. The number of nitrogens with one attached hydrogen (secondary N) is 1. The van der Waals surface area contributed by atoms with E-state index < -0.39 is 0 Å². The van der Waals surface area contributed by atoms with Crippen molar-refractivity contribution in [1.82, 2.24) is 5.32 Å². The van der Waals surface area contributed by atoms with Gasteiger partial charge in [0.05, 0.1) is 0 Å². The lowest BCUT2D eigenvalue weighted by Gasteiger charge is -2.24. The molecule has 4 rings (SSSR count). The molecule has 1 nitrogen and oxygen atoms in total. The zero-order chi connectivity index (χ0) is 14.7. The van der Waals surface area contributed by atoms with E-state index in [0.29, 0.717) is 6.04 Å². The van der Waals surface area contributed by atoms with Crippen LogP contribution in [-0.4, -0.2) is 6.54 Å². The van der Waals surface area contributed by atoms with E-state index in [0.717, 1.165) is 41.2 Å². The minimum absolute atomic E-state index is 0.546.